The highest BCUT2D eigenvalue weighted by atomic mass is 35.5. The number of nitrogens with one attached hydrogen (secondary N) is 1. The predicted octanol–water partition coefficient (Wildman–Crippen LogP) is 6.12. The molecule has 0 aliphatic rings. The summed E-state index contributed by atoms with van der Waals surface area (Å²) in [6, 6.07) is 24.2. The molecule has 2 N–H and O–H groups in total. The van der Waals surface area contributed by atoms with Crippen LogP contribution in [0.2, 0.25) is 5.02 Å². The van der Waals surface area contributed by atoms with Crippen molar-refractivity contribution in [3.63, 3.8) is 0 Å². The molecule has 5 aromatic rings. The average Bonchev–Trinajstić information content (AvgIpc) is 3.34. The van der Waals surface area contributed by atoms with Gasteiger partial charge < -0.3 is 19.3 Å². The average molecular weight is 472 g/mol. The van der Waals surface area contributed by atoms with Gasteiger partial charge in [0, 0.05) is 22.2 Å². The number of carbonyl (C=O) groups is 1. The summed E-state index contributed by atoms with van der Waals surface area (Å²) < 4.78 is 11.0. The Hall–Kier alpha value is -4.13. The summed E-state index contributed by atoms with van der Waals surface area (Å²) in [4.78, 5) is 25.5. The van der Waals surface area contributed by atoms with Crippen LogP contribution in [-0.2, 0) is 6.61 Å². The number of halogens is 1. The molecule has 0 atom stereocenters. The van der Waals surface area contributed by atoms with Gasteiger partial charge in [-0.2, -0.15) is 0 Å². The van der Waals surface area contributed by atoms with Crippen LogP contribution in [0, 0.1) is 0 Å². The number of hydrogen-bond acceptors (Lipinski definition) is 5. The first kappa shape index (κ1) is 21.7. The van der Waals surface area contributed by atoms with E-state index < -0.39 is 5.63 Å². The van der Waals surface area contributed by atoms with Gasteiger partial charge in [-0.25, -0.2) is 4.79 Å². The van der Waals surface area contributed by atoms with E-state index in [1.54, 1.807) is 72.8 Å². The molecule has 0 aliphatic carbocycles. The van der Waals surface area contributed by atoms with Crippen LogP contribution in [0.4, 0.5) is 5.69 Å². The summed E-state index contributed by atoms with van der Waals surface area (Å²) in [7, 11) is 0. The van der Waals surface area contributed by atoms with Crippen LogP contribution in [0.15, 0.2) is 98.6 Å². The zero-order valence-electron chi connectivity index (χ0n) is 17.7. The van der Waals surface area contributed by atoms with Crippen molar-refractivity contribution in [3.8, 4) is 22.5 Å². The van der Waals surface area contributed by atoms with Gasteiger partial charge in [-0.1, -0.05) is 41.9 Å². The standard InChI is InChI=1S/C27H18ClNO5/c28-23-10-8-19(14-22(23)25-11-9-20(15-30)33-25)29-26(31)18-6-3-5-16(12-18)21-13-17-4-1-2-7-24(17)34-27(21)32/h1-14,30H,15H2,(H,29,31). The van der Waals surface area contributed by atoms with Crippen LogP contribution in [0.25, 0.3) is 33.4 Å². The molecule has 0 fully saturated rings. The molecule has 2 aromatic heterocycles. The first-order valence-corrected chi connectivity index (χ1v) is 10.8. The lowest BCUT2D eigenvalue weighted by Crippen LogP contribution is -2.12. The lowest BCUT2D eigenvalue weighted by molar-refractivity contribution is 0.102. The fraction of sp³-hybridized carbons (Fsp3) is 0.0370. The molecule has 2 heterocycles. The second kappa shape index (κ2) is 9.02. The highest BCUT2D eigenvalue weighted by Gasteiger charge is 2.14. The van der Waals surface area contributed by atoms with E-state index in [1.165, 1.54) is 0 Å². The molecular formula is C27H18ClNO5. The molecule has 7 heteroatoms. The number of para-hydroxylation sites is 1. The number of benzene rings is 3. The van der Waals surface area contributed by atoms with Gasteiger partial charge in [0.2, 0.25) is 0 Å². The molecule has 0 radical (unpaired) electrons. The van der Waals surface area contributed by atoms with Crippen molar-refractivity contribution in [1.82, 2.24) is 0 Å². The second-order valence-electron chi connectivity index (χ2n) is 7.64. The predicted molar refractivity (Wildman–Crippen MR) is 131 cm³/mol. The molecule has 1 amide bonds. The monoisotopic (exact) mass is 471 g/mol. The van der Waals surface area contributed by atoms with Crippen LogP contribution < -0.4 is 10.9 Å². The summed E-state index contributed by atoms with van der Waals surface area (Å²) in [6.45, 7) is -0.222. The number of hydrogen-bond donors (Lipinski definition) is 2. The van der Waals surface area contributed by atoms with Crippen molar-refractivity contribution >= 4 is 34.2 Å². The SMILES string of the molecule is O=C(Nc1ccc(Cl)c(-c2ccc(CO)o2)c1)c1cccc(-c2cc3ccccc3oc2=O)c1. The van der Waals surface area contributed by atoms with Crippen LogP contribution in [0.3, 0.4) is 0 Å². The van der Waals surface area contributed by atoms with Gasteiger partial charge in [0.1, 0.15) is 23.7 Å². The summed E-state index contributed by atoms with van der Waals surface area (Å²) in [5, 5.41) is 13.3. The van der Waals surface area contributed by atoms with Crippen molar-refractivity contribution in [2.45, 2.75) is 6.61 Å². The Morgan fingerprint density at radius 3 is 2.56 bits per heavy atom. The highest BCUT2D eigenvalue weighted by Crippen LogP contribution is 2.32. The largest absolute Gasteiger partial charge is 0.459 e. The van der Waals surface area contributed by atoms with Gasteiger partial charge in [-0.15, -0.1) is 0 Å². The minimum Gasteiger partial charge on any atom is -0.459 e. The summed E-state index contributed by atoms with van der Waals surface area (Å²) in [6.07, 6.45) is 0. The Balaban J connectivity index is 1.44. The Labute approximate surface area is 199 Å². The lowest BCUT2D eigenvalue weighted by Gasteiger charge is -2.09. The number of aliphatic hydroxyl groups is 1. The van der Waals surface area contributed by atoms with E-state index in [4.69, 9.17) is 20.4 Å². The number of fused-ring (bicyclic) bond motifs is 1. The number of amides is 1. The Bertz CT molecular complexity index is 1580. The minimum atomic E-state index is -0.473. The van der Waals surface area contributed by atoms with Crippen LogP contribution in [0.1, 0.15) is 16.1 Å². The number of carbonyl (C=O) groups excluding carboxylic acids is 1. The number of anilines is 1. The maximum atomic E-state index is 13.0. The van der Waals surface area contributed by atoms with E-state index in [1.807, 2.05) is 12.1 Å². The van der Waals surface area contributed by atoms with E-state index in [-0.39, 0.29) is 12.5 Å². The maximum absolute atomic E-state index is 13.0. The molecule has 6 nitrogen and oxygen atoms in total. The number of furan rings is 1. The van der Waals surface area contributed by atoms with Crippen molar-refractivity contribution in [2.24, 2.45) is 0 Å². The third-order valence-electron chi connectivity index (χ3n) is 5.38. The maximum Gasteiger partial charge on any atom is 0.344 e. The van der Waals surface area contributed by atoms with E-state index in [9.17, 15) is 14.7 Å². The van der Waals surface area contributed by atoms with Gasteiger partial charge in [-0.05, 0) is 60.2 Å². The first-order chi connectivity index (χ1) is 16.5. The first-order valence-electron chi connectivity index (χ1n) is 10.5. The molecule has 0 bridgehead atoms. The van der Waals surface area contributed by atoms with Gasteiger partial charge in [0.25, 0.3) is 5.91 Å². The summed E-state index contributed by atoms with van der Waals surface area (Å²) >= 11 is 6.31. The summed E-state index contributed by atoms with van der Waals surface area (Å²) in [5.74, 6) is 0.543. The number of rotatable bonds is 5. The van der Waals surface area contributed by atoms with Crippen LogP contribution in [-0.4, -0.2) is 11.0 Å². The van der Waals surface area contributed by atoms with E-state index in [2.05, 4.69) is 5.32 Å². The third-order valence-corrected chi connectivity index (χ3v) is 5.71. The van der Waals surface area contributed by atoms with Gasteiger partial charge in [0.15, 0.2) is 0 Å². The Morgan fingerprint density at radius 2 is 1.74 bits per heavy atom. The van der Waals surface area contributed by atoms with Gasteiger partial charge in [-0.3, -0.25) is 4.79 Å². The molecule has 0 aliphatic heterocycles. The second-order valence-corrected chi connectivity index (χ2v) is 8.05. The molecule has 5 rings (SSSR count). The Kier molecular flexibility index (Phi) is 5.76. The fourth-order valence-corrected chi connectivity index (χ4v) is 3.90. The van der Waals surface area contributed by atoms with Crippen molar-refractivity contribution < 1.29 is 18.7 Å². The summed E-state index contributed by atoms with van der Waals surface area (Å²) in [5.41, 5.74) is 2.46. The lowest BCUT2D eigenvalue weighted by atomic mass is 10.0. The topological polar surface area (TPSA) is 92.7 Å². The fourth-order valence-electron chi connectivity index (χ4n) is 3.69. The van der Waals surface area contributed by atoms with Gasteiger partial charge in [0.05, 0.1) is 10.6 Å². The van der Waals surface area contributed by atoms with E-state index >= 15 is 0 Å². The van der Waals surface area contributed by atoms with Crippen LogP contribution >= 0.6 is 11.6 Å². The molecule has 34 heavy (non-hydrogen) atoms. The third kappa shape index (κ3) is 4.24. The highest BCUT2D eigenvalue weighted by molar-refractivity contribution is 6.33. The molecule has 3 aromatic carbocycles. The van der Waals surface area contributed by atoms with Gasteiger partial charge >= 0.3 is 5.63 Å². The van der Waals surface area contributed by atoms with E-state index in [0.717, 1.165) is 5.39 Å². The zero-order valence-corrected chi connectivity index (χ0v) is 18.5. The minimum absolute atomic E-state index is 0.222. The Morgan fingerprint density at radius 1 is 0.882 bits per heavy atom. The molecular weight excluding hydrogens is 454 g/mol. The smallest absolute Gasteiger partial charge is 0.344 e. The number of aliphatic hydroxyl groups excluding tert-OH is 1. The van der Waals surface area contributed by atoms with Crippen molar-refractivity contribution in [3.05, 3.63) is 112 Å². The molecule has 0 spiro atoms. The normalized spacial score (nSPS) is 11.0. The molecule has 0 saturated carbocycles. The van der Waals surface area contributed by atoms with E-state index in [0.29, 0.717) is 50.1 Å². The molecule has 0 saturated heterocycles. The zero-order chi connectivity index (χ0) is 23.7. The molecule has 0 unspecified atom stereocenters. The van der Waals surface area contributed by atoms with Crippen LogP contribution in [0.5, 0.6) is 0 Å². The molecule has 168 valence electrons. The van der Waals surface area contributed by atoms with Crippen molar-refractivity contribution in [2.75, 3.05) is 5.32 Å². The van der Waals surface area contributed by atoms with Crippen molar-refractivity contribution in [1.29, 1.82) is 0 Å². The quantitative estimate of drug-likeness (QED) is 0.301.